The Bertz CT molecular complexity index is 1180. The second-order valence-corrected chi connectivity index (χ2v) is 7.80. The van der Waals surface area contributed by atoms with Crippen LogP contribution < -0.4 is 10.2 Å². The molecule has 1 radical (unpaired) electrons. The van der Waals surface area contributed by atoms with Gasteiger partial charge >= 0.3 is 17.1 Å². The van der Waals surface area contributed by atoms with E-state index in [-0.39, 0.29) is 34.1 Å². The molecule has 1 heterocycles. The molecule has 9 heteroatoms. The average Bonchev–Trinajstić information content (AvgIpc) is 2.68. The fraction of sp³-hybridized carbons (Fsp3) is 0. The first-order valence-electron chi connectivity index (χ1n) is 7.82. The van der Waals surface area contributed by atoms with Crippen LogP contribution in [-0.2, 0) is 17.1 Å². The van der Waals surface area contributed by atoms with Gasteiger partial charge < -0.3 is 20.1 Å². The Labute approximate surface area is 198 Å². The van der Waals surface area contributed by atoms with Crippen LogP contribution in [0.3, 0.4) is 0 Å². The Morgan fingerprint density at radius 1 is 1.07 bits per heavy atom. The third kappa shape index (κ3) is 5.02. The number of pyridine rings is 1. The number of carbonyl (C=O) groups excluding carboxylic acids is 1. The van der Waals surface area contributed by atoms with Crippen molar-refractivity contribution >= 4 is 71.1 Å². The number of carboxylic acids is 1. The molecule has 4 rings (SSSR count). The van der Waals surface area contributed by atoms with Crippen LogP contribution in [0.4, 0.5) is 0 Å². The number of halogens is 3. The SMILES string of the molecule is O=C([O-])c1cc2cc(Br)ccc2c(Br)c1O.[Cu+2].[O-]c1ccc(Cl)c2cccnc12. The van der Waals surface area contributed by atoms with Gasteiger partial charge in [-0.25, -0.2) is 0 Å². The molecule has 0 aliphatic carbocycles. The average molecular weight is 587 g/mol. The van der Waals surface area contributed by atoms with Gasteiger partial charge in [0.25, 0.3) is 0 Å². The van der Waals surface area contributed by atoms with Gasteiger partial charge in [-0.05, 0) is 63.1 Å². The minimum atomic E-state index is -1.40. The van der Waals surface area contributed by atoms with Crippen molar-refractivity contribution in [2.75, 3.05) is 0 Å². The quantitative estimate of drug-likeness (QED) is 0.334. The summed E-state index contributed by atoms with van der Waals surface area (Å²) in [5, 5.41) is 34.4. The molecule has 3 aromatic carbocycles. The van der Waals surface area contributed by atoms with Crippen LogP contribution >= 0.6 is 43.5 Å². The molecule has 5 nitrogen and oxygen atoms in total. The van der Waals surface area contributed by atoms with E-state index in [0.29, 0.717) is 25.8 Å². The topological polar surface area (TPSA) is 96.3 Å². The van der Waals surface area contributed by atoms with Gasteiger partial charge in [0.2, 0.25) is 0 Å². The maximum Gasteiger partial charge on any atom is 2.00 e. The fourth-order valence-electron chi connectivity index (χ4n) is 2.59. The number of aromatic hydroxyl groups is 1. The number of aromatic carboxylic acids is 1. The predicted octanol–water partition coefficient (Wildman–Crippen LogP) is 4.39. The predicted molar refractivity (Wildman–Crippen MR) is 112 cm³/mol. The first-order chi connectivity index (χ1) is 13.3. The van der Waals surface area contributed by atoms with Crippen LogP contribution in [0.5, 0.6) is 11.5 Å². The zero-order valence-corrected chi connectivity index (χ0v) is 19.1. The monoisotopic (exact) mass is 584 g/mol. The third-order valence-corrected chi connectivity index (χ3v) is 5.54. The molecule has 0 spiro atoms. The third-order valence-electron chi connectivity index (χ3n) is 3.91. The van der Waals surface area contributed by atoms with E-state index in [1.165, 1.54) is 12.1 Å². The number of carboxylic acid groups (broad SMARTS) is 1. The van der Waals surface area contributed by atoms with Crippen LogP contribution in [0.15, 0.2) is 63.7 Å². The van der Waals surface area contributed by atoms with Gasteiger partial charge in [-0.15, -0.1) is 0 Å². The van der Waals surface area contributed by atoms with Crippen molar-refractivity contribution in [1.82, 2.24) is 4.98 Å². The van der Waals surface area contributed by atoms with Gasteiger partial charge in [-0.3, -0.25) is 4.98 Å². The molecule has 0 aliphatic heterocycles. The van der Waals surface area contributed by atoms with Crippen LogP contribution in [0.25, 0.3) is 21.7 Å². The van der Waals surface area contributed by atoms with Crippen molar-refractivity contribution in [3.8, 4) is 11.5 Å². The Morgan fingerprint density at radius 3 is 2.45 bits per heavy atom. The van der Waals surface area contributed by atoms with Crippen molar-refractivity contribution in [3.63, 3.8) is 0 Å². The Kier molecular flexibility index (Phi) is 7.91. The molecule has 1 aromatic heterocycles. The van der Waals surface area contributed by atoms with Crippen LogP contribution in [0.1, 0.15) is 10.4 Å². The van der Waals surface area contributed by atoms with Gasteiger partial charge in [-0.2, -0.15) is 0 Å². The zero-order valence-electron chi connectivity index (χ0n) is 14.3. The van der Waals surface area contributed by atoms with Gasteiger partial charge in [0.05, 0.1) is 16.0 Å². The van der Waals surface area contributed by atoms with E-state index < -0.39 is 5.97 Å². The Morgan fingerprint density at radius 2 is 1.79 bits per heavy atom. The first-order valence-corrected chi connectivity index (χ1v) is 9.78. The summed E-state index contributed by atoms with van der Waals surface area (Å²) in [6.07, 6.45) is 1.58. The molecule has 0 atom stereocenters. The van der Waals surface area contributed by atoms with E-state index in [1.807, 2.05) is 6.07 Å². The molecule has 0 saturated heterocycles. The number of aromatic nitrogens is 1. The van der Waals surface area contributed by atoms with Crippen molar-refractivity contribution < 1.29 is 37.2 Å². The van der Waals surface area contributed by atoms with E-state index in [9.17, 15) is 20.1 Å². The van der Waals surface area contributed by atoms with E-state index in [1.54, 1.807) is 36.5 Å². The minimum Gasteiger partial charge on any atom is -0.871 e. The standard InChI is InChI=1S/C11H6Br2O3.C9H6ClNO.Cu/c12-6-1-2-7-5(3-6)4-8(11(15)16)10(14)9(7)13;10-7-3-4-8(12)9-6(7)2-1-5-11-9;/h1-4,14H,(H,15,16);1-5,12H;/q;;+2/p-2. The summed E-state index contributed by atoms with van der Waals surface area (Å²) < 4.78 is 1.19. The van der Waals surface area contributed by atoms with Crippen LogP contribution in [0, 0.1) is 0 Å². The summed E-state index contributed by atoms with van der Waals surface area (Å²) in [6.45, 7) is 0. The molecule has 0 bridgehead atoms. The van der Waals surface area contributed by atoms with Crippen molar-refractivity contribution in [1.29, 1.82) is 0 Å². The zero-order chi connectivity index (χ0) is 20.4. The van der Waals surface area contributed by atoms with Crippen LogP contribution in [0.2, 0.25) is 5.02 Å². The number of benzene rings is 3. The van der Waals surface area contributed by atoms with E-state index in [2.05, 4.69) is 36.8 Å². The molecular weight excluding hydrogens is 577 g/mol. The first kappa shape index (κ1) is 23.4. The molecule has 0 amide bonds. The second-order valence-electron chi connectivity index (χ2n) is 5.68. The smallest absolute Gasteiger partial charge is 0.871 e. The summed E-state index contributed by atoms with van der Waals surface area (Å²) >= 11 is 12.3. The van der Waals surface area contributed by atoms with E-state index >= 15 is 0 Å². The molecule has 0 unspecified atom stereocenters. The van der Waals surface area contributed by atoms with Gasteiger partial charge in [0.15, 0.2) is 0 Å². The summed E-state index contributed by atoms with van der Waals surface area (Å²) in [4.78, 5) is 14.7. The van der Waals surface area contributed by atoms with Crippen molar-refractivity contribution in [2.24, 2.45) is 0 Å². The maximum absolute atomic E-state index is 11.2. The number of phenols is 1. The van der Waals surface area contributed by atoms with Gasteiger partial charge in [0, 0.05) is 26.6 Å². The molecule has 4 aromatic rings. The number of rotatable bonds is 1. The van der Waals surface area contributed by atoms with Gasteiger partial charge in [-0.1, -0.05) is 45.4 Å². The van der Waals surface area contributed by atoms with Crippen molar-refractivity contribution in [3.05, 3.63) is 74.3 Å². The van der Waals surface area contributed by atoms with Gasteiger partial charge in [0.1, 0.15) is 5.75 Å². The summed E-state index contributed by atoms with van der Waals surface area (Å²) in [7, 11) is 0. The molecule has 29 heavy (non-hydrogen) atoms. The summed E-state index contributed by atoms with van der Waals surface area (Å²) in [5.41, 5.74) is 0.211. The molecule has 0 saturated carbocycles. The van der Waals surface area contributed by atoms with Crippen LogP contribution in [-0.4, -0.2) is 16.1 Å². The molecule has 0 fully saturated rings. The maximum atomic E-state index is 11.2. The number of carbonyl (C=O) groups is 1. The second kappa shape index (κ2) is 9.78. The summed E-state index contributed by atoms with van der Waals surface area (Å²) in [6, 6.07) is 13.3. The number of nitrogens with zero attached hydrogens (tertiary/aromatic N) is 1. The minimum absolute atomic E-state index is 0. The largest absolute Gasteiger partial charge is 2.00 e. The van der Waals surface area contributed by atoms with E-state index in [4.69, 9.17) is 11.6 Å². The number of hydrogen-bond acceptors (Lipinski definition) is 5. The normalized spacial score (nSPS) is 10.2. The molecule has 0 aliphatic rings. The Hall–Kier alpha value is -1.83. The van der Waals surface area contributed by atoms with E-state index in [0.717, 1.165) is 9.86 Å². The van der Waals surface area contributed by atoms with Crippen molar-refractivity contribution in [2.45, 2.75) is 0 Å². The molecule has 1 N–H and O–H groups in total. The number of hydrogen-bond donors (Lipinski definition) is 1. The molecule has 151 valence electrons. The number of fused-ring (bicyclic) bond motifs is 2. The fourth-order valence-corrected chi connectivity index (χ4v) is 3.76. The Balaban J connectivity index is 0.000000207. The molecular formula is C20H10Br2ClCuNO4. The summed E-state index contributed by atoms with van der Waals surface area (Å²) in [5.74, 6) is -1.80.